The quantitative estimate of drug-likeness (QED) is 0.633. The molecule has 0 aliphatic carbocycles. The SMILES string of the molecule is CCOC(=O)CC1C(=O)Oc2ccc(O)cc21. The maximum absolute atomic E-state index is 11.6. The molecule has 1 heterocycles. The summed E-state index contributed by atoms with van der Waals surface area (Å²) in [6.07, 6.45) is -0.0663. The summed E-state index contributed by atoms with van der Waals surface area (Å²) in [5.74, 6) is -1.20. The van der Waals surface area contributed by atoms with Gasteiger partial charge in [-0.3, -0.25) is 9.59 Å². The van der Waals surface area contributed by atoms with Crippen molar-refractivity contribution in [2.45, 2.75) is 19.3 Å². The maximum Gasteiger partial charge on any atom is 0.319 e. The molecule has 2 rings (SSSR count). The molecule has 0 amide bonds. The van der Waals surface area contributed by atoms with E-state index in [2.05, 4.69) is 0 Å². The highest BCUT2D eigenvalue weighted by molar-refractivity contribution is 5.90. The largest absolute Gasteiger partial charge is 0.508 e. The lowest BCUT2D eigenvalue weighted by Crippen LogP contribution is -2.16. The fourth-order valence-electron chi connectivity index (χ4n) is 1.79. The van der Waals surface area contributed by atoms with E-state index >= 15 is 0 Å². The molecule has 1 aliphatic heterocycles. The number of phenolic OH excluding ortho intramolecular Hbond substituents is 1. The van der Waals surface area contributed by atoms with Crippen molar-refractivity contribution >= 4 is 11.9 Å². The van der Waals surface area contributed by atoms with Crippen molar-refractivity contribution < 1.29 is 24.2 Å². The molecule has 90 valence electrons. The molecule has 0 fully saturated rings. The molecule has 5 heteroatoms. The third kappa shape index (κ3) is 2.22. The molecule has 1 N–H and O–H groups in total. The van der Waals surface area contributed by atoms with Gasteiger partial charge in [0.2, 0.25) is 0 Å². The summed E-state index contributed by atoms with van der Waals surface area (Å²) < 4.78 is 9.78. The molecule has 1 aromatic rings. The van der Waals surface area contributed by atoms with E-state index in [9.17, 15) is 14.7 Å². The molecule has 0 saturated heterocycles. The topological polar surface area (TPSA) is 72.8 Å². The second-order valence-corrected chi connectivity index (χ2v) is 3.70. The lowest BCUT2D eigenvalue weighted by Gasteiger charge is -2.06. The number of fused-ring (bicyclic) bond motifs is 1. The van der Waals surface area contributed by atoms with Crippen molar-refractivity contribution in [2.75, 3.05) is 6.61 Å². The van der Waals surface area contributed by atoms with Crippen molar-refractivity contribution in [1.82, 2.24) is 0 Å². The minimum Gasteiger partial charge on any atom is -0.508 e. The Morgan fingerprint density at radius 1 is 1.53 bits per heavy atom. The standard InChI is InChI=1S/C12H12O5/c1-2-16-11(14)6-9-8-5-7(13)3-4-10(8)17-12(9)15/h3-5,9,13H,2,6H2,1H3. The Morgan fingerprint density at radius 2 is 2.29 bits per heavy atom. The lowest BCUT2D eigenvalue weighted by atomic mass is 9.97. The van der Waals surface area contributed by atoms with Gasteiger partial charge in [-0.05, 0) is 25.1 Å². The van der Waals surface area contributed by atoms with Crippen LogP contribution in [0.3, 0.4) is 0 Å². The Bertz CT molecular complexity index is 466. The van der Waals surface area contributed by atoms with Crippen molar-refractivity contribution in [3.05, 3.63) is 23.8 Å². The summed E-state index contributed by atoms with van der Waals surface area (Å²) in [5.41, 5.74) is 0.531. The molecule has 1 atom stereocenters. The molecule has 0 spiro atoms. The molecule has 0 saturated carbocycles. The van der Waals surface area contributed by atoms with Crippen molar-refractivity contribution in [1.29, 1.82) is 0 Å². The Kier molecular flexibility index (Phi) is 2.99. The minimum atomic E-state index is -0.684. The number of benzene rings is 1. The molecule has 1 aromatic carbocycles. The Morgan fingerprint density at radius 3 is 3.00 bits per heavy atom. The van der Waals surface area contributed by atoms with Crippen LogP contribution in [0.4, 0.5) is 0 Å². The number of ether oxygens (including phenoxy) is 2. The van der Waals surface area contributed by atoms with Gasteiger partial charge in [0.1, 0.15) is 11.5 Å². The minimum absolute atomic E-state index is 0.0379. The Balaban J connectivity index is 2.22. The van der Waals surface area contributed by atoms with Gasteiger partial charge in [0.05, 0.1) is 18.9 Å². The first-order chi connectivity index (χ1) is 8.11. The molecule has 5 nitrogen and oxygen atoms in total. The number of esters is 2. The van der Waals surface area contributed by atoms with Crippen LogP contribution >= 0.6 is 0 Å². The average molecular weight is 236 g/mol. The highest BCUT2D eigenvalue weighted by Crippen LogP contribution is 2.38. The highest BCUT2D eigenvalue weighted by Gasteiger charge is 2.35. The van der Waals surface area contributed by atoms with E-state index in [1.165, 1.54) is 18.2 Å². The zero-order valence-electron chi connectivity index (χ0n) is 9.30. The van der Waals surface area contributed by atoms with Crippen LogP contribution in [0.25, 0.3) is 0 Å². The van der Waals surface area contributed by atoms with Gasteiger partial charge in [-0.15, -0.1) is 0 Å². The van der Waals surface area contributed by atoms with Gasteiger partial charge >= 0.3 is 11.9 Å². The smallest absolute Gasteiger partial charge is 0.319 e. The Labute approximate surface area is 98.0 Å². The van der Waals surface area contributed by atoms with Gasteiger partial charge in [0, 0.05) is 5.56 Å². The zero-order chi connectivity index (χ0) is 12.4. The molecule has 17 heavy (non-hydrogen) atoms. The predicted octanol–water partition coefficient (Wildman–Crippen LogP) is 1.35. The van der Waals surface area contributed by atoms with Crippen LogP contribution in [0.2, 0.25) is 0 Å². The van der Waals surface area contributed by atoms with Gasteiger partial charge in [-0.2, -0.15) is 0 Å². The molecular formula is C12H12O5. The van der Waals surface area contributed by atoms with Crippen molar-refractivity contribution in [3.63, 3.8) is 0 Å². The van der Waals surface area contributed by atoms with Crippen molar-refractivity contribution in [2.24, 2.45) is 0 Å². The van der Waals surface area contributed by atoms with E-state index < -0.39 is 17.9 Å². The van der Waals surface area contributed by atoms with Crippen LogP contribution in [-0.2, 0) is 14.3 Å². The van der Waals surface area contributed by atoms with Crippen LogP contribution in [0, 0.1) is 0 Å². The van der Waals surface area contributed by atoms with E-state index in [4.69, 9.17) is 9.47 Å². The van der Waals surface area contributed by atoms with Gasteiger partial charge in [0.15, 0.2) is 0 Å². The van der Waals surface area contributed by atoms with Crippen molar-refractivity contribution in [3.8, 4) is 11.5 Å². The number of carbonyl (C=O) groups excluding carboxylic acids is 2. The first-order valence-corrected chi connectivity index (χ1v) is 5.32. The summed E-state index contributed by atoms with van der Waals surface area (Å²) >= 11 is 0. The monoisotopic (exact) mass is 236 g/mol. The number of aromatic hydroxyl groups is 1. The van der Waals surface area contributed by atoms with Gasteiger partial charge in [-0.25, -0.2) is 0 Å². The van der Waals surface area contributed by atoms with Gasteiger partial charge in [-0.1, -0.05) is 0 Å². The summed E-state index contributed by atoms with van der Waals surface area (Å²) in [7, 11) is 0. The normalized spacial score (nSPS) is 17.5. The predicted molar refractivity (Wildman–Crippen MR) is 57.7 cm³/mol. The van der Waals surface area contributed by atoms with Crippen LogP contribution in [0.5, 0.6) is 11.5 Å². The molecule has 1 aliphatic rings. The maximum atomic E-state index is 11.6. The lowest BCUT2D eigenvalue weighted by molar-refractivity contribution is -0.146. The van der Waals surface area contributed by atoms with Crippen LogP contribution in [0.1, 0.15) is 24.8 Å². The zero-order valence-corrected chi connectivity index (χ0v) is 9.30. The fourth-order valence-corrected chi connectivity index (χ4v) is 1.79. The first-order valence-electron chi connectivity index (χ1n) is 5.32. The van der Waals surface area contributed by atoms with Crippen LogP contribution in [0.15, 0.2) is 18.2 Å². The highest BCUT2D eigenvalue weighted by atomic mass is 16.5. The van der Waals surface area contributed by atoms with E-state index in [1.54, 1.807) is 6.92 Å². The fraction of sp³-hybridized carbons (Fsp3) is 0.333. The van der Waals surface area contributed by atoms with E-state index in [-0.39, 0.29) is 18.8 Å². The number of carbonyl (C=O) groups is 2. The average Bonchev–Trinajstić information content (AvgIpc) is 2.56. The molecule has 1 unspecified atom stereocenters. The van der Waals surface area contributed by atoms with Gasteiger partial charge < -0.3 is 14.6 Å². The van der Waals surface area contributed by atoms with Crippen LogP contribution < -0.4 is 4.74 Å². The second-order valence-electron chi connectivity index (χ2n) is 3.70. The van der Waals surface area contributed by atoms with Crippen LogP contribution in [-0.4, -0.2) is 23.7 Å². The number of rotatable bonds is 3. The third-order valence-electron chi connectivity index (χ3n) is 2.54. The second kappa shape index (κ2) is 4.45. The van der Waals surface area contributed by atoms with E-state index in [1.807, 2.05) is 0 Å². The Hall–Kier alpha value is -2.04. The molecule has 0 radical (unpaired) electrons. The molecule has 0 aromatic heterocycles. The third-order valence-corrected chi connectivity index (χ3v) is 2.54. The summed E-state index contributed by atoms with van der Waals surface area (Å²) in [4.78, 5) is 22.9. The molecule has 0 bridgehead atoms. The van der Waals surface area contributed by atoms with E-state index in [0.29, 0.717) is 11.3 Å². The summed E-state index contributed by atoms with van der Waals surface area (Å²) in [6, 6.07) is 4.37. The van der Waals surface area contributed by atoms with Gasteiger partial charge in [0.25, 0.3) is 0 Å². The number of phenols is 1. The molecular weight excluding hydrogens is 224 g/mol. The summed E-state index contributed by atoms with van der Waals surface area (Å²) in [5, 5.41) is 9.35. The number of hydrogen-bond donors (Lipinski definition) is 1. The van der Waals surface area contributed by atoms with E-state index in [0.717, 1.165) is 0 Å². The first kappa shape index (κ1) is 11.4. The summed E-state index contributed by atoms with van der Waals surface area (Å²) in [6.45, 7) is 1.97. The number of hydrogen-bond acceptors (Lipinski definition) is 5.